The number of aliphatic hydroxyl groups is 1. The van der Waals surface area contributed by atoms with E-state index in [1.165, 1.54) is 25.3 Å². The number of amides is 1. The third-order valence-electron chi connectivity index (χ3n) is 7.39. The quantitative estimate of drug-likeness (QED) is 0.506. The Bertz CT molecular complexity index is 1200. The number of carbonyl (C=O) groups is 1. The summed E-state index contributed by atoms with van der Waals surface area (Å²) in [6.45, 7) is 1.97. The molecule has 2 aromatic rings. The van der Waals surface area contributed by atoms with Gasteiger partial charge in [-0.15, -0.1) is 0 Å². The van der Waals surface area contributed by atoms with E-state index in [-0.39, 0.29) is 17.2 Å². The highest BCUT2D eigenvalue weighted by Crippen LogP contribution is 2.46. The molecule has 1 aromatic heterocycles. The predicted octanol–water partition coefficient (Wildman–Crippen LogP) is 3.79. The fourth-order valence-corrected chi connectivity index (χ4v) is 6.07. The minimum atomic E-state index is -4.17. The molecule has 1 aromatic carbocycles. The van der Waals surface area contributed by atoms with E-state index in [9.17, 15) is 18.3 Å². The summed E-state index contributed by atoms with van der Waals surface area (Å²) in [7, 11) is -4.17. The number of aliphatic hydroxyl groups excluding tert-OH is 1. The first kappa shape index (κ1) is 24.1. The molecule has 3 N–H and O–H groups in total. The lowest BCUT2D eigenvalue weighted by molar-refractivity contribution is -0.128. The number of aromatic nitrogens is 1. The van der Waals surface area contributed by atoms with Crippen molar-refractivity contribution < 1.29 is 23.1 Å². The largest absolute Gasteiger partial charge is 0.477 e. The lowest BCUT2D eigenvalue weighted by Gasteiger charge is -2.32. The normalized spacial score (nSPS) is 23.7. The number of sulfonamides is 1. The van der Waals surface area contributed by atoms with Gasteiger partial charge in [0.2, 0.25) is 0 Å². The number of pyridine rings is 1. The van der Waals surface area contributed by atoms with Crippen molar-refractivity contribution in [2.24, 2.45) is 0 Å². The fraction of sp³-hybridized carbons (Fsp3) is 0.538. The Kier molecular flexibility index (Phi) is 6.48. The van der Waals surface area contributed by atoms with E-state index in [0.29, 0.717) is 37.4 Å². The first-order valence-corrected chi connectivity index (χ1v) is 14.0. The standard InChI is InChI=1S/C26H33N3O5S/c1-17-7-5-10-21(18-8-3-2-4-9-18)24(17)34-26(13-14-26)25(31)29-35(32,33)23-12-6-11-22(28-23)27-19-15-20(30)16-19/h5-7,10-12,18-20,30H,2-4,8-9,13-16H2,1H3,(H,27,28)(H,29,31)/t19-,20-. The number of rotatable bonds is 8. The van der Waals surface area contributed by atoms with Gasteiger partial charge in [0, 0.05) is 18.9 Å². The molecule has 3 fully saturated rings. The summed E-state index contributed by atoms with van der Waals surface area (Å²) in [6.07, 6.45) is 7.60. The minimum absolute atomic E-state index is 0.0562. The summed E-state index contributed by atoms with van der Waals surface area (Å²) < 4.78 is 34.6. The van der Waals surface area contributed by atoms with Crippen molar-refractivity contribution in [1.29, 1.82) is 0 Å². The molecule has 35 heavy (non-hydrogen) atoms. The maximum Gasteiger partial charge on any atom is 0.281 e. The maximum atomic E-state index is 13.2. The molecule has 0 unspecified atom stereocenters. The summed E-state index contributed by atoms with van der Waals surface area (Å²) in [4.78, 5) is 17.4. The molecule has 0 saturated heterocycles. The third-order valence-corrected chi connectivity index (χ3v) is 8.63. The van der Waals surface area contributed by atoms with Crippen molar-refractivity contribution in [2.45, 2.75) is 93.4 Å². The summed E-state index contributed by atoms with van der Waals surface area (Å²) >= 11 is 0. The second-order valence-electron chi connectivity index (χ2n) is 10.2. The lowest BCUT2D eigenvalue weighted by atomic mass is 9.83. The van der Waals surface area contributed by atoms with Gasteiger partial charge in [0.25, 0.3) is 15.9 Å². The molecule has 0 atom stereocenters. The van der Waals surface area contributed by atoms with Gasteiger partial charge >= 0.3 is 0 Å². The molecule has 0 aliphatic heterocycles. The predicted molar refractivity (Wildman–Crippen MR) is 132 cm³/mol. The molecule has 5 rings (SSSR count). The average Bonchev–Trinajstić information content (AvgIpc) is 3.61. The highest BCUT2D eigenvalue weighted by atomic mass is 32.2. The number of para-hydroxylation sites is 1. The summed E-state index contributed by atoms with van der Waals surface area (Å²) in [6, 6.07) is 10.7. The number of benzene rings is 1. The van der Waals surface area contributed by atoms with Gasteiger partial charge in [-0.3, -0.25) is 4.79 Å². The highest BCUT2D eigenvalue weighted by molar-refractivity contribution is 7.90. The average molecular weight is 500 g/mol. The van der Waals surface area contributed by atoms with Gasteiger partial charge < -0.3 is 15.2 Å². The van der Waals surface area contributed by atoms with E-state index >= 15 is 0 Å². The van der Waals surface area contributed by atoms with Gasteiger partial charge in [-0.05, 0) is 61.8 Å². The van der Waals surface area contributed by atoms with Gasteiger partial charge in [0.05, 0.1) is 6.10 Å². The molecule has 0 radical (unpaired) electrons. The van der Waals surface area contributed by atoms with E-state index in [0.717, 1.165) is 29.7 Å². The summed E-state index contributed by atoms with van der Waals surface area (Å²) in [5.41, 5.74) is 0.894. The van der Waals surface area contributed by atoms with E-state index < -0.39 is 21.5 Å². The SMILES string of the molecule is Cc1cccc(C2CCCCC2)c1OC1(C(=O)NS(=O)(=O)c2cccc(N[C@H]3C[C@H](O)C3)n2)CC1. The summed E-state index contributed by atoms with van der Waals surface area (Å²) in [5, 5.41) is 12.3. The van der Waals surface area contributed by atoms with E-state index in [4.69, 9.17) is 4.74 Å². The molecule has 3 saturated carbocycles. The Morgan fingerprint density at radius 2 is 1.80 bits per heavy atom. The lowest BCUT2D eigenvalue weighted by Crippen LogP contribution is -2.44. The van der Waals surface area contributed by atoms with Crippen LogP contribution in [0, 0.1) is 6.92 Å². The summed E-state index contributed by atoms with van der Waals surface area (Å²) in [5.74, 6) is 0.859. The Labute approximate surface area is 206 Å². The van der Waals surface area contributed by atoms with Crippen LogP contribution in [-0.4, -0.2) is 42.2 Å². The smallest absolute Gasteiger partial charge is 0.281 e. The Morgan fingerprint density at radius 3 is 2.49 bits per heavy atom. The van der Waals surface area contributed by atoms with Crippen molar-refractivity contribution >= 4 is 21.7 Å². The number of hydrogen-bond donors (Lipinski definition) is 3. The van der Waals surface area contributed by atoms with Gasteiger partial charge in [0.15, 0.2) is 10.6 Å². The number of nitrogens with one attached hydrogen (secondary N) is 2. The molecule has 9 heteroatoms. The molecular formula is C26H33N3O5S. The van der Waals surface area contributed by atoms with Gasteiger partial charge in [-0.1, -0.05) is 43.5 Å². The molecule has 3 aliphatic carbocycles. The van der Waals surface area contributed by atoms with E-state index in [1.54, 1.807) is 12.1 Å². The monoisotopic (exact) mass is 499 g/mol. The Morgan fingerprint density at radius 1 is 1.09 bits per heavy atom. The molecule has 1 heterocycles. The second-order valence-corrected chi connectivity index (χ2v) is 11.8. The van der Waals surface area contributed by atoms with Crippen LogP contribution in [0.2, 0.25) is 0 Å². The number of hydrogen-bond acceptors (Lipinski definition) is 7. The van der Waals surface area contributed by atoms with Crippen LogP contribution in [0.4, 0.5) is 5.82 Å². The Balaban J connectivity index is 1.31. The van der Waals surface area contributed by atoms with Crippen LogP contribution >= 0.6 is 0 Å². The van der Waals surface area contributed by atoms with Crippen molar-refractivity contribution in [3.8, 4) is 5.75 Å². The first-order valence-electron chi connectivity index (χ1n) is 12.5. The number of ether oxygens (including phenoxy) is 1. The van der Waals surface area contributed by atoms with Crippen LogP contribution in [0.25, 0.3) is 0 Å². The second kappa shape index (κ2) is 9.43. The molecule has 3 aliphatic rings. The number of aryl methyl sites for hydroxylation is 1. The topological polar surface area (TPSA) is 118 Å². The third kappa shape index (κ3) is 5.16. The van der Waals surface area contributed by atoms with Crippen LogP contribution in [0.5, 0.6) is 5.75 Å². The zero-order valence-electron chi connectivity index (χ0n) is 20.0. The van der Waals surface area contributed by atoms with Crippen molar-refractivity contribution in [3.63, 3.8) is 0 Å². The van der Waals surface area contributed by atoms with Crippen LogP contribution in [0.15, 0.2) is 41.4 Å². The zero-order valence-corrected chi connectivity index (χ0v) is 20.8. The van der Waals surface area contributed by atoms with E-state index in [2.05, 4.69) is 21.1 Å². The molecule has 0 spiro atoms. The Hall–Kier alpha value is -2.65. The number of nitrogens with zero attached hydrogens (tertiary/aromatic N) is 1. The molecule has 0 bridgehead atoms. The van der Waals surface area contributed by atoms with Crippen LogP contribution in [0.1, 0.15) is 74.8 Å². The molecule has 8 nitrogen and oxygen atoms in total. The fourth-order valence-electron chi connectivity index (χ4n) is 5.06. The zero-order chi connectivity index (χ0) is 24.6. The van der Waals surface area contributed by atoms with Crippen molar-refractivity contribution in [2.75, 3.05) is 5.32 Å². The molecular weight excluding hydrogens is 466 g/mol. The molecule has 1 amide bonds. The van der Waals surface area contributed by atoms with Crippen LogP contribution in [-0.2, 0) is 14.8 Å². The van der Waals surface area contributed by atoms with Crippen LogP contribution in [0.3, 0.4) is 0 Å². The van der Waals surface area contributed by atoms with Gasteiger partial charge in [-0.2, -0.15) is 8.42 Å². The van der Waals surface area contributed by atoms with Gasteiger partial charge in [0.1, 0.15) is 11.6 Å². The van der Waals surface area contributed by atoms with Crippen molar-refractivity contribution in [3.05, 3.63) is 47.5 Å². The van der Waals surface area contributed by atoms with Crippen LogP contribution < -0.4 is 14.8 Å². The maximum absolute atomic E-state index is 13.2. The van der Waals surface area contributed by atoms with E-state index in [1.807, 2.05) is 19.1 Å². The van der Waals surface area contributed by atoms with Crippen molar-refractivity contribution in [1.82, 2.24) is 9.71 Å². The number of anilines is 1. The first-order chi connectivity index (χ1) is 16.8. The minimum Gasteiger partial charge on any atom is -0.477 e. The molecule has 188 valence electrons. The highest BCUT2D eigenvalue weighted by Gasteiger charge is 2.54. The number of carbonyl (C=O) groups excluding carboxylic acids is 1. The van der Waals surface area contributed by atoms with Gasteiger partial charge in [-0.25, -0.2) is 9.71 Å².